The number of carbonyl (C=O) groups excluding carboxylic acids is 1. The van der Waals surface area contributed by atoms with Crippen molar-refractivity contribution in [3.05, 3.63) is 35.4 Å². The highest BCUT2D eigenvalue weighted by Crippen LogP contribution is 2.20. The molecule has 5 nitrogen and oxygen atoms in total. The monoisotopic (exact) mass is 315 g/mol. The van der Waals surface area contributed by atoms with E-state index < -0.39 is 0 Å². The molecule has 0 spiro atoms. The average molecular weight is 315 g/mol. The number of aliphatic hydroxyl groups excluding tert-OH is 1. The first kappa shape index (κ1) is 17.5. The summed E-state index contributed by atoms with van der Waals surface area (Å²) in [5.74, 6) is -0.0295. The number of nitrogens with zero attached hydrogens (tertiary/aromatic N) is 3. The van der Waals surface area contributed by atoms with E-state index >= 15 is 0 Å². The Labute approximate surface area is 138 Å². The molecular weight excluding hydrogens is 290 g/mol. The third-order valence-corrected chi connectivity index (χ3v) is 4.33. The Morgan fingerprint density at radius 3 is 2.52 bits per heavy atom. The summed E-state index contributed by atoms with van der Waals surface area (Å²) in [6, 6.07) is 8.88. The van der Waals surface area contributed by atoms with E-state index in [2.05, 4.69) is 11.0 Å². The van der Waals surface area contributed by atoms with Crippen LogP contribution in [0.2, 0.25) is 0 Å². The first-order valence-corrected chi connectivity index (χ1v) is 8.01. The van der Waals surface area contributed by atoms with Crippen molar-refractivity contribution in [3.63, 3.8) is 0 Å². The lowest BCUT2D eigenvalue weighted by molar-refractivity contribution is 0.0137. The van der Waals surface area contributed by atoms with Crippen molar-refractivity contribution in [2.24, 2.45) is 5.41 Å². The normalized spacial score (nSPS) is 17.6. The van der Waals surface area contributed by atoms with Crippen molar-refractivity contribution in [1.29, 1.82) is 5.26 Å². The maximum atomic E-state index is 12.5. The minimum Gasteiger partial charge on any atom is -0.391 e. The number of carbonyl (C=O) groups is 1. The fourth-order valence-electron chi connectivity index (χ4n) is 2.56. The summed E-state index contributed by atoms with van der Waals surface area (Å²) in [7, 11) is 0. The van der Waals surface area contributed by atoms with Gasteiger partial charge in [0.15, 0.2) is 0 Å². The summed E-state index contributed by atoms with van der Waals surface area (Å²) in [4.78, 5) is 16.5. The number of rotatable bonds is 3. The summed E-state index contributed by atoms with van der Waals surface area (Å²) in [5.41, 5.74) is 0.931. The standard InChI is InChI=1S/C18H25N3O2/c1-18(2,3)16(22)13-20-7-9-21(10-8-20)17(23)15-6-4-5-14(11-15)12-19/h4-6,11,16,22H,7-10,13H2,1-3H3. The molecule has 1 saturated heterocycles. The van der Waals surface area contributed by atoms with Crippen LogP contribution in [0.25, 0.3) is 0 Å². The van der Waals surface area contributed by atoms with E-state index in [0.29, 0.717) is 30.8 Å². The van der Waals surface area contributed by atoms with Crippen LogP contribution in [0.5, 0.6) is 0 Å². The summed E-state index contributed by atoms with van der Waals surface area (Å²) < 4.78 is 0. The highest BCUT2D eigenvalue weighted by atomic mass is 16.3. The quantitative estimate of drug-likeness (QED) is 0.922. The van der Waals surface area contributed by atoms with E-state index in [-0.39, 0.29) is 17.4 Å². The number of hydrogen-bond donors (Lipinski definition) is 1. The molecule has 1 aromatic rings. The number of amides is 1. The van der Waals surface area contributed by atoms with Crippen LogP contribution < -0.4 is 0 Å². The molecule has 1 N–H and O–H groups in total. The first-order chi connectivity index (χ1) is 10.8. The zero-order valence-corrected chi connectivity index (χ0v) is 14.1. The lowest BCUT2D eigenvalue weighted by Gasteiger charge is -2.38. The van der Waals surface area contributed by atoms with Gasteiger partial charge in [0.25, 0.3) is 5.91 Å². The summed E-state index contributed by atoms with van der Waals surface area (Å²) >= 11 is 0. The molecule has 0 aliphatic carbocycles. The molecule has 23 heavy (non-hydrogen) atoms. The van der Waals surface area contributed by atoms with Gasteiger partial charge in [0.1, 0.15) is 0 Å². The van der Waals surface area contributed by atoms with Crippen LogP contribution in [0.3, 0.4) is 0 Å². The molecule has 1 atom stereocenters. The molecule has 1 fully saturated rings. The van der Waals surface area contributed by atoms with Crippen molar-refractivity contribution in [1.82, 2.24) is 9.80 Å². The highest BCUT2D eigenvalue weighted by molar-refractivity contribution is 5.94. The number of benzene rings is 1. The van der Waals surface area contributed by atoms with Crippen LogP contribution in [-0.2, 0) is 0 Å². The van der Waals surface area contributed by atoms with Gasteiger partial charge in [-0.25, -0.2) is 0 Å². The smallest absolute Gasteiger partial charge is 0.253 e. The second-order valence-electron chi connectivity index (χ2n) is 7.17. The topological polar surface area (TPSA) is 67.6 Å². The lowest BCUT2D eigenvalue weighted by atomic mass is 9.89. The van der Waals surface area contributed by atoms with Crippen LogP contribution >= 0.6 is 0 Å². The van der Waals surface area contributed by atoms with Crippen molar-refractivity contribution < 1.29 is 9.90 Å². The van der Waals surface area contributed by atoms with Gasteiger partial charge in [-0.2, -0.15) is 5.26 Å². The van der Waals surface area contributed by atoms with Crippen LogP contribution in [0.4, 0.5) is 0 Å². The Bertz CT molecular complexity index is 593. The zero-order valence-electron chi connectivity index (χ0n) is 14.1. The minimum absolute atomic E-state index is 0.0295. The van der Waals surface area contributed by atoms with E-state index in [1.807, 2.05) is 25.7 Å². The SMILES string of the molecule is CC(C)(C)C(O)CN1CCN(C(=O)c2cccc(C#N)c2)CC1. The van der Waals surface area contributed by atoms with Crippen molar-refractivity contribution in [2.75, 3.05) is 32.7 Å². The predicted molar refractivity (Wildman–Crippen MR) is 89.0 cm³/mol. The molecule has 2 rings (SSSR count). The third kappa shape index (κ3) is 4.54. The molecule has 0 bridgehead atoms. The molecule has 1 amide bonds. The van der Waals surface area contributed by atoms with E-state index in [1.165, 1.54) is 0 Å². The Morgan fingerprint density at radius 1 is 1.30 bits per heavy atom. The van der Waals surface area contributed by atoms with Gasteiger partial charge in [-0.05, 0) is 23.6 Å². The van der Waals surface area contributed by atoms with Crippen LogP contribution in [-0.4, -0.2) is 59.6 Å². The zero-order chi connectivity index (χ0) is 17.0. The number of β-amino-alcohol motifs (C(OH)–C–C–N with tert-alkyl or cyclic N) is 1. The van der Waals surface area contributed by atoms with Crippen molar-refractivity contribution in [3.8, 4) is 6.07 Å². The summed E-state index contributed by atoms with van der Waals surface area (Å²) in [6.07, 6.45) is -0.378. The Kier molecular flexibility index (Phi) is 5.40. The van der Waals surface area contributed by atoms with Gasteiger partial charge in [-0.3, -0.25) is 9.69 Å². The molecule has 0 radical (unpaired) electrons. The van der Waals surface area contributed by atoms with Gasteiger partial charge in [0, 0.05) is 38.3 Å². The molecule has 5 heteroatoms. The fourth-order valence-corrected chi connectivity index (χ4v) is 2.56. The molecular formula is C18H25N3O2. The van der Waals surface area contributed by atoms with E-state index in [4.69, 9.17) is 5.26 Å². The number of hydrogen-bond acceptors (Lipinski definition) is 4. The maximum absolute atomic E-state index is 12.5. The van der Waals surface area contributed by atoms with Gasteiger partial charge >= 0.3 is 0 Å². The molecule has 1 aliphatic heterocycles. The number of piperazine rings is 1. The Balaban J connectivity index is 1.91. The van der Waals surface area contributed by atoms with Crippen LogP contribution in [0, 0.1) is 16.7 Å². The first-order valence-electron chi connectivity index (χ1n) is 8.01. The average Bonchev–Trinajstić information content (AvgIpc) is 2.54. The minimum atomic E-state index is -0.378. The van der Waals surface area contributed by atoms with Gasteiger partial charge in [0.2, 0.25) is 0 Å². The molecule has 0 aromatic heterocycles. The molecule has 1 aliphatic rings. The number of nitriles is 1. The Morgan fingerprint density at radius 2 is 1.96 bits per heavy atom. The van der Waals surface area contributed by atoms with Gasteiger partial charge in [0.05, 0.1) is 17.7 Å². The van der Waals surface area contributed by atoms with Crippen molar-refractivity contribution in [2.45, 2.75) is 26.9 Å². The maximum Gasteiger partial charge on any atom is 0.253 e. The summed E-state index contributed by atoms with van der Waals surface area (Å²) in [5, 5.41) is 19.1. The van der Waals surface area contributed by atoms with Crippen LogP contribution in [0.1, 0.15) is 36.7 Å². The summed E-state index contributed by atoms with van der Waals surface area (Å²) in [6.45, 7) is 9.53. The lowest BCUT2D eigenvalue weighted by Crippen LogP contribution is -2.51. The molecule has 1 heterocycles. The van der Waals surface area contributed by atoms with Crippen molar-refractivity contribution >= 4 is 5.91 Å². The highest BCUT2D eigenvalue weighted by Gasteiger charge is 2.27. The molecule has 1 unspecified atom stereocenters. The van der Waals surface area contributed by atoms with Gasteiger partial charge < -0.3 is 10.0 Å². The number of aliphatic hydroxyl groups is 1. The van der Waals surface area contributed by atoms with Gasteiger partial charge in [-0.1, -0.05) is 26.8 Å². The largest absolute Gasteiger partial charge is 0.391 e. The molecule has 1 aromatic carbocycles. The fraction of sp³-hybridized carbons (Fsp3) is 0.556. The van der Waals surface area contributed by atoms with Crippen LogP contribution in [0.15, 0.2) is 24.3 Å². The Hall–Kier alpha value is -1.90. The second kappa shape index (κ2) is 7.12. The molecule has 0 saturated carbocycles. The predicted octanol–water partition coefficient (Wildman–Crippen LogP) is 1.72. The third-order valence-electron chi connectivity index (χ3n) is 4.33. The van der Waals surface area contributed by atoms with E-state index in [9.17, 15) is 9.90 Å². The van der Waals surface area contributed by atoms with E-state index in [1.54, 1.807) is 24.3 Å². The second-order valence-corrected chi connectivity index (χ2v) is 7.17. The van der Waals surface area contributed by atoms with Gasteiger partial charge in [-0.15, -0.1) is 0 Å². The van der Waals surface area contributed by atoms with E-state index in [0.717, 1.165) is 13.1 Å². The molecule has 124 valence electrons.